The summed E-state index contributed by atoms with van der Waals surface area (Å²) in [6.07, 6.45) is 7.54. The summed E-state index contributed by atoms with van der Waals surface area (Å²) in [6.45, 7) is 0.655. The Morgan fingerprint density at radius 2 is 1.91 bits per heavy atom. The Kier molecular flexibility index (Phi) is 9.57. The number of benzene rings is 2. The van der Waals surface area contributed by atoms with E-state index < -0.39 is 17.4 Å². The fourth-order valence-electron chi connectivity index (χ4n) is 5.77. The van der Waals surface area contributed by atoms with Gasteiger partial charge in [-0.05, 0) is 67.9 Å². The second-order valence-corrected chi connectivity index (χ2v) is 13.3. The van der Waals surface area contributed by atoms with Crippen LogP contribution in [0.15, 0.2) is 42.1 Å². The first-order valence-electron chi connectivity index (χ1n) is 14.3. The van der Waals surface area contributed by atoms with Crippen molar-refractivity contribution in [1.29, 1.82) is 0 Å². The summed E-state index contributed by atoms with van der Waals surface area (Å²) in [5.41, 5.74) is 2.69. The second kappa shape index (κ2) is 13.4. The molecule has 1 aromatic heterocycles. The Labute approximate surface area is 267 Å². The van der Waals surface area contributed by atoms with Crippen LogP contribution in [0.2, 0.25) is 15.1 Å². The van der Waals surface area contributed by atoms with Crippen LogP contribution in [-0.2, 0) is 22.7 Å². The smallest absolute Gasteiger partial charge is 0.252 e. The molecule has 12 heteroatoms. The number of aromatic nitrogens is 1. The van der Waals surface area contributed by atoms with Gasteiger partial charge in [0.1, 0.15) is 11.6 Å². The van der Waals surface area contributed by atoms with Gasteiger partial charge in [0, 0.05) is 36.4 Å². The van der Waals surface area contributed by atoms with E-state index in [-0.39, 0.29) is 42.8 Å². The van der Waals surface area contributed by atoms with Crippen LogP contribution in [0.5, 0.6) is 5.75 Å². The summed E-state index contributed by atoms with van der Waals surface area (Å²) in [4.78, 5) is 21.8. The lowest BCUT2D eigenvalue weighted by Gasteiger charge is -2.40. The van der Waals surface area contributed by atoms with E-state index in [0.29, 0.717) is 22.6 Å². The molecule has 1 unspecified atom stereocenters. The van der Waals surface area contributed by atoms with E-state index in [4.69, 9.17) is 44.3 Å². The predicted molar refractivity (Wildman–Crippen MR) is 165 cm³/mol. The van der Waals surface area contributed by atoms with Gasteiger partial charge in [0.2, 0.25) is 0 Å². The highest BCUT2D eigenvalue weighted by Gasteiger charge is 2.41. The summed E-state index contributed by atoms with van der Waals surface area (Å²) in [5.74, 6) is -2.25. The molecule has 6 nitrogen and oxygen atoms in total. The van der Waals surface area contributed by atoms with Crippen LogP contribution in [0.4, 0.5) is 8.78 Å². The van der Waals surface area contributed by atoms with Gasteiger partial charge in [-0.2, -0.15) is 0 Å². The topological polar surface area (TPSA) is 63.7 Å². The van der Waals surface area contributed by atoms with Gasteiger partial charge in [-0.1, -0.05) is 46.9 Å². The van der Waals surface area contributed by atoms with Crippen LogP contribution < -0.4 is 10.1 Å². The monoisotopic (exact) mass is 667 g/mol. The quantitative estimate of drug-likeness (QED) is 0.167. The van der Waals surface area contributed by atoms with E-state index >= 15 is 0 Å². The molecule has 2 bridgehead atoms. The van der Waals surface area contributed by atoms with Crippen LogP contribution in [0.1, 0.15) is 54.0 Å². The number of rotatable bonds is 11. The number of halogens is 5. The first-order valence-corrected chi connectivity index (χ1v) is 16.3. The number of carbonyl (C=O) groups is 1. The largest absolute Gasteiger partial charge is 0.485 e. The molecular weight excluding hydrogens is 639 g/mol. The zero-order chi connectivity index (χ0) is 30.1. The molecule has 0 radical (unpaired) electrons. The molecule has 1 aliphatic carbocycles. The van der Waals surface area contributed by atoms with Crippen molar-refractivity contribution < 1.29 is 23.0 Å². The molecular formula is C31H30Cl3F2N3O3S. The number of nitrogens with one attached hydrogen (secondary N) is 1. The van der Waals surface area contributed by atoms with Gasteiger partial charge < -0.3 is 19.7 Å². The molecule has 3 aliphatic rings. The van der Waals surface area contributed by atoms with Crippen LogP contribution in [-0.4, -0.2) is 47.1 Å². The summed E-state index contributed by atoms with van der Waals surface area (Å²) < 4.78 is 38.8. The number of carbonyl (C=O) groups excluding carboxylic acids is 1. The molecule has 2 aliphatic heterocycles. The van der Waals surface area contributed by atoms with Crippen molar-refractivity contribution in [2.75, 3.05) is 13.2 Å². The van der Waals surface area contributed by atoms with Crippen molar-refractivity contribution in [1.82, 2.24) is 15.2 Å². The Morgan fingerprint density at radius 3 is 2.72 bits per heavy atom. The Balaban J connectivity index is 1.17. The van der Waals surface area contributed by atoms with Crippen molar-refractivity contribution in [2.45, 2.75) is 69.8 Å². The second-order valence-electron chi connectivity index (χ2n) is 11.0. The lowest BCUT2D eigenvalue weighted by atomic mass is 9.81. The highest BCUT2D eigenvalue weighted by atomic mass is 35.5. The molecule has 1 saturated heterocycles. The Hall–Kier alpha value is -2.27. The third kappa shape index (κ3) is 6.87. The molecule has 2 atom stereocenters. The van der Waals surface area contributed by atoms with Crippen molar-refractivity contribution in [3.8, 4) is 5.75 Å². The average Bonchev–Trinajstić information content (AvgIpc) is 3.73. The summed E-state index contributed by atoms with van der Waals surface area (Å²) in [6, 6.07) is 8.20. The number of ether oxygens (including phenoxy) is 2. The molecule has 6 rings (SSSR count). The zero-order valence-electron chi connectivity index (χ0n) is 23.2. The normalized spacial score (nSPS) is 19.9. The van der Waals surface area contributed by atoms with Crippen molar-refractivity contribution in [3.05, 3.63) is 84.3 Å². The molecule has 43 heavy (non-hydrogen) atoms. The van der Waals surface area contributed by atoms with Gasteiger partial charge in [0.15, 0.2) is 17.4 Å². The molecule has 228 valence electrons. The maximum absolute atomic E-state index is 14.3. The number of hydrogen-bond acceptors (Lipinski definition) is 6. The number of thiazole rings is 1. The molecule has 2 fully saturated rings. The van der Waals surface area contributed by atoms with Gasteiger partial charge in [-0.25, -0.2) is 13.8 Å². The SMILES string of the molecule is O=C(C1=C(c2cnc(COCCOc3c(F)ccc(Cl)c3F)s2)C[C@@H]2CCCC1N2)N(Cc1cccc(Cl)c1Cl)C1CC1. The van der Waals surface area contributed by atoms with Crippen molar-refractivity contribution >= 4 is 57.6 Å². The third-order valence-corrected chi connectivity index (χ3v) is 10.2. The van der Waals surface area contributed by atoms with Crippen molar-refractivity contribution in [2.24, 2.45) is 0 Å². The van der Waals surface area contributed by atoms with Crippen LogP contribution in [0, 0.1) is 11.6 Å². The highest BCUT2D eigenvalue weighted by molar-refractivity contribution is 7.12. The first kappa shape index (κ1) is 30.7. The molecule has 0 spiro atoms. The van der Waals surface area contributed by atoms with Gasteiger partial charge in [-0.3, -0.25) is 4.79 Å². The van der Waals surface area contributed by atoms with Gasteiger partial charge in [0.25, 0.3) is 5.91 Å². The highest BCUT2D eigenvalue weighted by Crippen LogP contribution is 2.41. The lowest BCUT2D eigenvalue weighted by Crippen LogP contribution is -2.51. The number of fused-ring (bicyclic) bond motifs is 2. The third-order valence-electron chi connectivity index (χ3n) is 8.01. The summed E-state index contributed by atoms with van der Waals surface area (Å²) in [7, 11) is 0. The van der Waals surface area contributed by atoms with Crippen LogP contribution >= 0.6 is 46.1 Å². The van der Waals surface area contributed by atoms with Gasteiger partial charge in [-0.15, -0.1) is 11.3 Å². The fraction of sp³-hybridized carbons (Fsp3) is 0.419. The van der Waals surface area contributed by atoms with E-state index in [0.717, 1.165) is 77.3 Å². The van der Waals surface area contributed by atoms with Crippen molar-refractivity contribution in [3.63, 3.8) is 0 Å². The number of amides is 1. The molecule has 2 aromatic carbocycles. The number of nitrogens with zero attached hydrogens (tertiary/aromatic N) is 2. The number of piperidine rings is 1. The minimum Gasteiger partial charge on any atom is -0.485 e. The summed E-state index contributed by atoms with van der Waals surface area (Å²) in [5, 5.41) is 5.18. The van der Waals surface area contributed by atoms with Gasteiger partial charge >= 0.3 is 0 Å². The maximum Gasteiger partial charge on any atom is 0.252 e. The minimum atomic E-state index is -0.937. The Morgan fingerprint density at radius 1 is 1.07 bits per heavy atom. The molecule has 1 saturated carbocycles. The molecule has 1 N–H and O–H groups in total. The predicted octanol–water partition coefficient (Wildman–Crippen LogP) is 7.84. The van der Waals surface area contributed by atoms with Crippen LogP contribution in [0.3, 0.4) is 0 Å². The Bertz CT molecular complexity index is 1550. The minimum absolute atomic E-state index is 0.0164. The van der Waals surface area contributed by atoms with E-state index in [1.807, 2.05) is 23.2 Å². The molecule has 3 heterocycles. The van der Waals surface area contributed by atoms with E-state index in [1.54, 1.807) is 6.07 Å². The van der Waals surface area contributed by atoms with Crippen LogP contribution in [0.25, 0.3) is 5.57 Å². The standard InChI is InChI=1S/C31H30Cl3F2N3O3S/c32-21-5-1-3-17(28(21)34)15-39(19-7-8-19)31(40)27-20(13-18-4-2-6-24(27)38-18)25-14-37-26(43-25)16-41-11-12-42-30-23(35)10-9-22(33)29(30)36/h1,3,5,9-10,14,18-19,24,38H,2,4,6-8,11-13,15-16H2/t18-,24?/m0/s1. The van der Waals surface area contributed by atoms with E-state index in [2.05, 4.69) is 10.3 Å². The average molecular weight is 669 g/mol. The molecule has 3 aromatic rings. The molecule has 1 amide bonds. The van der Waals surface area contributed by atoms with E-state index in [9.17, 15) is 13.6 Å². The summed E-state index contributed by atoms with van der Waals surface area (Å²) >= 11 is 20.0. The first-order chi connectivity index (χ1) is 20.8. The fourth-order valence-corrected chi connectivity index (χ4v) is 7.22. The number of hydrogen-bond donors (Lipinski definition) is 1. The van der Waals surface area contributed by atoms with Gasteiger partial charge in [0.05, 0.1) is 33.2 Å². The zero-order valence-corrected chi connectivity index (χ0v) is 26.3. The maximum atomic E-state index is 14.3. The van der Waals surface area contributed by atoms with E-state index in [1.165, 1.54) is 11.3 Å². The lowest BCUT2D eigenvalue weighted by molar-refractivity contribution is -0.128.